The van der Waals surface area contributed by atoms with Crippen molar-refractivity contribution in [3.8, 4) is 0 Å². The number of rotatable bonds is 4. The molecule has 2 unspecified atom stereocenters. The molecule has 1 heterocycles. The Morgan fingerprint density at radius 1 is 1.36 bits per heavy atom. The Kier molecular flexibility index (Phi) is 4.93. The second-order valence-corrected chi connectivity index (χ2v) is 6.83. The van der Waals surface area contributed by atoms with Crippen molar-refractivity contribution in [1.82, 2.24) is 10.6 Å². The van der Waals surface area contributed by atoms with Crippen molar-refractivity contribution in [3.05, 3.63) is 36.1 Å². The van der Waals surface area contributed by atoms with Gasteiger partial charge < -0.3 is 15.1 Å². The van der Waals surface area contributed by atoms with Crippen LogP contribution in [-0.4, -0.2) is 30.6 Å². The maximum absolute atomic E-state index is 5.82. The molecule has 2 aromatic rings. The van der Waals surface area contributed by atoms with Crippen LogP contribution in [0.1, 0.15) is 25.0 Å². The van der Waals surface area contributed by atoms with E-state index in [1.165, 1.54) is 19.3 Å². The van der Waals surface area contributed by atoms with Gasteiger partial charge in [-0.05, 0) is 37.7 Å². The van der Waals surface area contributed by atoms with Crippen LogP contribution in [0.5, 0.6) is 0 Å². The van der Waals surface area contributed by atoms with Gasteiger partial charge in [-0.2, -0.15) is 11.8 Å². The fraction of sp³-hybridized carbons (Fsp3) is 0.471. The Morgan fingerprint density at radius 2 is 2.23 bits per heavy atom. The van der Waals surface area contributed by atoms with Crippen LogP contribution in [0.15, 0.2) is 39.7 Å². The zero-order valence-corrected chi connectivity index (χ0v) is 14.0. The zero-order valence-electron chi connectivity index (χ0n) is 13.1. The molecule has 0 saturated heterocycles. The third kappa shape index (κ3) is 3.58. The predicted octanol–water partition coefficient (Wildman–Crippen LogP) is 3.38. The number of furan rings is 1. The highest BCUT2D eigenvalue weighted by molar-refractivity contribution is 7.99. The molecule has 2 atom stereocenters. The first-order valence-electron chi connectivity index (χ1n) is 7.76. The summed E-state index contributed by atoms with van der Waals surface area (Å²) in [5.74, 6) is 1.78. The molecule has 1 aliphatic carbocycles. The van der Waals surface area contributed by atoms with Crippen molar-refractivity contribution in [1.29, 1.82) is 0 Å². The van der Waals surface area contributed by atoms with E-state index in [1.54, 1.807) is 0 Å². The second-order valence-electron chi connectivity index (χ2n) is 5.69. The van der Waals surface area contributed by atoms with E-state index in [0.29, 0.717) is 12.6 Å². The van der Waals surface area contributed by atoms with E-state index in [0.717, 1.165) is 27.9 Å². The highest BCUT2D eigenvalue weighted by atomic mass is 32.2. The van der Waals surface area contributed by atoms with Gasteiger partial charge in [0.1, 0.15) is 11.3 Å². The van der Waals surface area contributed by atoms with Crippen molar-refractivity contribution < 1.29 is 4.42 Å². The number of nitrogens with zero attached hydrogens (tertiary/aromatic N) is 1. The standard InChI is InChI=1S/C17H23N3OS/c1-18-17(20-13-7-8-15(10-13)22-2)19-11-14-9-12-5-3-4-6-16(12)21-14/h3-6,9,13,15H,7-8,10-11H2,1-2H3,(H2,18,19,20). The molecule has 2 N–H and O–H groups in total. The Balaban J connectivity index is 1.55. The largest absolute Gasteiger partial charge is 0.459 e. The Hall–Kier alpha value is -1.62. The summed E-state index contributed by atoms with van der Waals surface area (Å²) in [6.07, 6.45) is 5.92. The monoisotopic (exact) mass is 317 g/mol. The summed E-state index contributed by atoms with van der Waals surface area (Å²) < 4.78 is 5.82. The van der Waals surface area contributed by atoms with Crippen LogP contribution >= 0.6 is 11.8 Å². The highest BCUT2D eigenvalue weighted by Crippen LogP contribution is 2.28. The molecule has 118 valence electrons. The van der Waals surface area contributed by atoms with Gasteiger partial charge in [-0.1, -0.05) is 18.2 Å². The smallest absolute Gasteiger partial charge is 0.191 e. The number of hydrogen-bond acceptors (Lipinski definition) is 3. The van der Waals surface area contributed by atoms with Crippen molar-refractivity contribution in [2.75, 3.05) is 13.3 Å². The van der Waals surface area contributed by atoms with Crippen LogP contribution in [0.4, 0.5) is 0 Å². The summed E-state index contributed by atoms with van der Waals surface area (Å²) in [7, 11) is 1.81. The third-order valence-electron chi connectivity index (χ3n) is 4.19. The van der Waals surface area contributed by atoms with Crippen molar-refractivity contribution in [2.45, 2.75) is 37.1 Å². The molecule has 1 aliphatic rings. The molecule has 0 spiro atoms. The minimum Gasteiger partial charge on any atom is -0.459 e. The first kappa shape index (κ1) is 15.3. The lowest BCUT2D eigenvalue weighted by molar-refractivity contribution is 0.534. The van der Waals surface area contributed by atoms with Gasteiger partial charge in [0.2, 0.25) is 0 Å². The van der Waals surface area contributed by atoms with Crippen LogP contribution in [0.25, 0.3) is 11.0 Å². The van der Waals surface area contributed by atoms with Crippen LogP contribution in [0.3, 0.4) is 0 Å². The summed E-state index contributed by atoms with van der Waals surface area (Å²) in [5.41, 5.74) is 0.931. The van der Waals surface area contributed by atoms with Gasteiger partial charge in [-0.25, -0.2) is 0 Å². The van der Waals surface area contributed by atoms with Crippen LogP contribution < -0.4 is 10.6 Å². The fourth-order valence-electron chi connectivity index (χ4n) is 2.97. The summed E-state index contributed by atoms with van der Waals surface area (Å²) in [6, 6.07) is 10.7. The molecule has 0 bridgehead atoms. The van der Waals surface area contributed by atoms with E-state index in [2.05, 4.69) is 34.0 Å². The first-order valence-corrected chi connectivity index (χ1v) is 9.04. The number of hydrogen-bond donors (Lipinski definition) is 2. The lowest BCUT2D eigenvalue weighted by atomic mass is 10.2. The molecular formula is C17H23N3OS. The van der Waals surface area contributed by atoms with E-state index in [-0.39, 0.29) is 0 Å². The lowest BCUT2D eigenvalue weighted by Gasteiger charge is -2.16. The number of guanidine groups is 1. The van der Waals surface area contributed by atoms with Crippen molar-refractivity contribution in [3.63, 3.8) is 0 Å². The molecule has 1 aromatic carbocycles. The maximum atomic E-state index is 5.82. The average molecular weight is 317 g/mol. The number of thioether (sulfide) groups is 1. The quantitative estimate of drug-likeness (QED) is 0.670. The molecule has 1 fully saturated rings. The summed E-state index contributed by atoms with van der Waals surface area (Å²) in [5, 5.41) is 8.79. The average Bonchev–Trinajstić information content (AvgIpc) is 3.17. The number of benzene rings is 1. The van der Waals surface area contributed by atoms with E-state index in [9.17, 15) is 0 Å². The lowest BCUT2D eigenvalue weighted by Crippen LogP contribution is -2.42. The molecule has 1 aromatic heterocycles. The Bertz CT molecular complexity index is 619. The second kappa shape index (κ2) is 7.09. The number of para-hydroxylation sites is 1. The first-order chi connectivity index (χ1) is 10.8. The third-order valence-corrected chi connectivity index (χ3v) is 5.28. The number of nitrogens with one attached hydrogen (secondary N) is 2. The van der Waals surface area contributed by atoms with Gasteiger partial charge in [-0.15, -0.1) is 0 Å². The van der Waals surface area contributed by atoms with E-state index < -0.39 is 0 Å². The van der Waals surface area contributed by atoms with Gasteiger partial charge in [0.05, 0.1) is 6.54 Å². The Labute approximate surface area is 135 Å². The van der Waals surface area contributed by atoms with Gasteiger partial charge in [0, 0.05) is 23.7 Å². The predicted molar refractivity (Wildman–Crippen MR) is 94.5 cm³/mol. The van der Waals surface area contributed by atoms with Gasteiger partial charge in [0.25, 0.3) is 0 Å². The van der Waals surface area contributed by atoms with Crippen LogP contribution in [0, 0.1) is 0 Å². The summed E-state index contributed by atoms with van der Waals surface area (Å²) >= 11 is 1.97. The minimum atomic E-state index is 0.527. The minimum absolute atomic E-state index is 0.527. The van der Waals surface area contributed by atoms with Crippen LogP contribution in [-0.2, 0) is 6.54 Å². The van der Waals surface area contributed by atoms with E-state index in [1.807, 2.05) is 37.0 Å². The molecule has 5 heteroatoms. The molecule has 22 heavy (non-hydrogen) atoms. The summed E-state index contributed by atoms with van der Waals surface area (Å²) in [4.78, 5) is 4.32. The SMILES string of the molecule is CN=C(NCc1cc2ccccc2o1)NC1CCC(SC)C1. The van der Waals surface area contributed by atoms with Gasteiger partial charge in [-0.3, -0.25) is 4.99 Å². The maximum Gasteiger partial charge on any atom is 0.191 e. The molecule has 0 aliphatic heterocycles. The molecule has 3 rings (SSSR count). The molecule has 1 saturated carbocycles. The van der Waals surface area contributed by atoms with Crippen molar-refractivity contribution in [2.24, 2.45) is 4.99 Å². The van der Waals surface area contributed by atoms with Crippen LogP contribution in [0.2, 0.25) is 0 Å². The molecule has 0 amide bonds. The zero-order chi connectivity index (χ0) is 15.4. The highest BCUT2D eigenvalue weighted by Gasteiger charge is 2.24. The molecular weight excluding hydrogens is 294 g/mol. The van der Waals surface area contributed by atoms with E-state index in [4.69, 9.17) is 4.42 Å². The van der Waals surface area contributed by atoms with Gasteiger partial charge >= 0.3 is 0 Å². The van der Waals surface area contributed by atoms with Gasteiger partial charge in [0.15, 0.2) is 5.96 Å². The normalized spacial score (nSPS) is 22.2. The Morgan fingerprint density at radius 3 is 2.95 bits per heavy atom. The summed E-state index contributed by atoms with van der Waals surface area (Å²) in [6.45, 7) is 0.646. The fourth-order valence-corrected chi connectivity index (χ4v) is 3.76. The van der Waals surface area contributed by atoms with E-state index >= 15 is 0 Å². The number of aliphatic imine (C=N–C) groups is 1. The number of fused-ring (bicyclic) bond motifs is 1. The molecule has 0 radical (unpaired) electrons. The molecule has 4 nitrogen and oxygen atoms in total. The van der Waals surface area contributed by atoms with Crippen molar-refractivity contribution >= 4 is 28.7 Å². The topological polar surface area (TPSA) is 49.6 Å².